The minimum atomic E-state index is 0.244. The van der Waals surface area contributed by atoms with E-state index in [4.69, 9.17) is 5.11 Å². The Morgan fingerprint density at radius 2 is 1.89 bits per heavy atom. The van der Waals surface area contributed by atoms with E-state index in [2.05, 4.69) is 47.8 Å². The Morgan fingerprint density at radius 3 is 2.67 bits per heavy atom. The van der Waals surface area contributed by atoms with Crippen molar-refractivity contribution in [3.63, 3.8) is 0 Å². The zero-order chi connectivity index (χ0) is 12.6. The average molecular weight is 240 g/mol. The minimum Gasteiger partial charge on any atom is -0.396 e. The van der Waals surface area contributed by atoms with Crippen molar-refractivity contribution in [3.05, 3.63) is 60.2 Å². The van der Waals surface area contributed by atoms with Gasteiger partial charge in [0.1, 0.15) is 0 Å². The first kappa shape index (κ1) is 12.8. The topological polar surface area (TPSA) is 32.3 Å². The van der Waals surface area contributed by atoms with Crippen LogP contribution in [0, 0.1) is 6.07 Å². The van der Waals surface area contributed by atoms with Gasteiger partial charge in [-0.2, -0.15) is 0 Å². The molecule has 0 unspecified atom stereocenters. The molecule has 0 amide bonds. The fraction of sp³-hybridized carbons (Fsp3) is 0.250. The molecule has 0 aliphatic carbocycles. The van der Waals surface area contributed by atoms with Gasteiger partial charge < -0.3 is 10.4 Å². The van der Waals surface area contributed by atoms with Gasteiger partial charge in [0, 0.05) is 13.2 Å². The molecule has 0 spiro atoms. The van der Waals surface area contributed by atoms with E-state index >= 15 is 0 Å². The molecule has 0 atom stereocenters. The Labute approximate surface area is 108 Å². The Bertz CT molecular complexity index is 468. The number of nitrogens with one attached hydrogen (secondary N) is 1. The van der Waals surface area contributed by atoms with Crippen molar-refractivity contribution >= 4 is 0 Å². The molecule has 2 heteroatoms. The van der Waals surface area contributed by atoms with Crippen LogP contribution in [-0.4, -0.2) is 18.3 Å². The number of aliphatic hydroxyl groups excluding tert-OH is 1. The van der Waals surface area contributed by atoms with E-state index in [1.54, 1.807) is 0 Å². The molecule has 1 radical (unpaired) electrons. The first-order chi connectivity index (χ1) is 8.90. The Balaban J connectivity index is 2.02. The van der Waals surface area contributed by atoms with Gasteiger partial charge in [0.25, 0.3) is 0 Å². The molecule has 18 heavy (non-hydrogen) atoms. The first-order valence-corrected chi connectivity index (χ1v) is 6.27. The summed E-state index contributed by atoms with van der Waals surface area (Å²) in [6, 6.07) is 19.5. The molecule has 0 aliphatic rings. The highest BCUT2D eigenvalue weighted by molar-refractivity contribution is 5.63. The molecular formula is C16H18NO. The number of aliphatic hydroxyl groups is 1. The van der Waals surface area contributed by atoms with Crippen LogP contribution in [0.5, 0.6) is 0 Å². The smallest absolute Gasteiger partial charge is 0.0443 e. The maximum atomic E-state index is 8.71. The summed E-state index contributed by atoms with van der Waals surface area (Å²) in [5, 5.41) is 12.0. The quantitative estimate of drug-likeness (QED) is 0.761. The summed E-state index contributed by atoms with van der Waals surface area (Å²) in [5.74, 6) is 0. The van der Waals surface area contributed by atoms with Crippen molar-refractivity contribution in [3.8, 4) is 11.1 Å². The zero-order valence-corrected chi connectivity index (χ0v) is 10.4. The standard InChI is InChI=1S/C16H18NO/c18-11-5-10-17-13-14-6-4-9-16(12-14)15-7-2-1-3-8-15/h2-4,6-9,12,17-18H,5,10-11,13H2. The third kappa shape index (κ3) is 3.69. The molecule has 2 aromatic rings. The maximum absolute atomic E-state index is 8.71. The summed E-state index contributed by atoms with van der Waals surface area (Å²) in [6.45, 7) is 1.93. The van der Waals surface area contributed by atoms with Gasteiger partial charge in [0.2, 0.25) is 0 Å². The van der Waals surface area contributed by atoms with E-state index in [0.717, 1.165) is 19.5 Å². The van der Waals surface area contributed by atoms with Crippen LogP contribution in [0.25, 0.3) is 11.1 Å². The Kier molecular flexibility index (Phi) is 4.94. The zero-order valence-electron chi connectivity index (χ0n) is 10.4. The molecular weight excluding hydrogens is 222 g/mol. The summed E-state index contributed by atoms with van der Waals surface area (Å²) in [4.78, 5) is 0. The van der Waals surface area contributed by atoms with E-state index in [-0.39, 0.29) is 6.61 Å². The van der Waals surface area contributed by atoms with Crippen LogP contribution in [0.2, 0.25) is 0 Å². The first-order valence-electron chi connectivity index (χ1n) is 6.27. The number of benzene rings is 2. The second-order valence-electron chi connectivity index (χ2n) is 4.24. The van der Waals surface area contributed by atoms with Gasteiger partial charge >= 0.3 is 0 Å². The molecule has 93 valence electrons. The van der Waals surface area contributed by atoms with E-state index in [1.165, 1.54) is 16.7 Å². The van der Waals surface area contributed by atoms with Gasteiger partial charge in [-0.3, -0.25) is 0 Å². The van der Waals surface area contributed by atoms with Gasteiger partial charge in [0.05, 0.1) is 0 Å². The highest BCUT2D eigenvalue weighted by Gasteiger charge is 1.98. The predicted octanol–water partition coefficient (Wildman–Crippen LogP) is 2.63. The molecule has 0 heterocycles. The van der Waals surface area contributed by atoms with Crippen molar-refractivity contribution in [2.45, 2.75) is 13.0 Å². The molecule has 0 fully saturated rings. The van der Waals surface area contributed by atoms with Gasteiger partial charge in [-0.25, -0.2) is 0 Å². The molecule has 0 aromatic heterocycles. The fourth-order valence-corrected chi connectivity index (χ4v) is 1.88. The highest BCUT2D eigenvalue weighted by atomic mass is 16.3. The highest BCUT2D eigenvalue weighted by Crippen LogP contribution is 2.19. The second kappa shape index (κ2) is 6.94. The van der Waals surface area contributed by atoms with Crippen molar-refractivity contribution in [1.82, 2.24) is 5.32 Å². The summed E-state index contributed by atoms with van der Waals surface area (Å²) in [6.07, 6.45) is 0.800. The fourth-order valence-electron chi connectivity index (χ4n) is 1.88. The van der Waals surface area contributed by atoms with Gasteiger partial charge in [-0.05, 0) is 41.8 Å². The van der Waals surface area contributed by atoms with Crippen molar-refractivity contribution < 1.29 is 5.11 Å². The Hall–Kier alpha value is -1.64. The van der Waals surface area contributed by atoms with E-state index in [9.17, 15) is 0 Å². The molecule has 2 aromatic carbocycles. The Morgan fingerprint density at radius 1 is 1.06 bits per heavy atom. The van der Waals surface area contributed by atoms with E-state index in [1.807, 2.05) is 12.1 Å². The van der Waals surface area contributed by atoms with Crippen LogP contribution in [0.1, 0.15) is 12.0 Å². The molecule has 0 bridgehead atoms. The van der Waals surface area contributed by atoms with Crippen LogP contribution in [0.15, 0.2) is 48.5 Å². The van der Waals surface area contributed by atoms with Gasteiger partial charge in [0.15, 0.2) is 0 Å². The maximum Gasteiger partial charge on any atom is 0.0443 e. The van der Waals surface area contributed by atoms with Crippen molar-refractivity contribution in [2.24, 2.45) is 0 Å². The van der Waals surface area contributed by atoms with Crippen LogP contribution in [0.4, 0.5) is 0 Å². The number of rotatable bonds is 6. The average Bonchev–Trinajstić information content (AvgIpc) is 2.45. The lowest BCUT2D eigenvalue weighted by molar-refractivity contribution is 0.286. The summed E-state index contributed by atoms with van der Waals surface area (Å²) in [7, 11) is 0. The molecule has 0 saturated heterocycles. The minimum absolute atomic E-state index is 0.244. The SMILES string of the molecule is OCCCNCc1cccc(-c2cc[c]cc2)c1. The van der Waals surface area contributed by atoms with Crippen LogP contribution >= 0.6 is 0 Å². The second-order valence-corrected chi connectivity index (χ2v) is 4.24. The van der Waals surface area contributed by atoms with Crippen LogP contribution in [0.3, 0.4) is 0 Å². The predicted molar refractivity (Wildman–Crippen MR) is 74.1 cm³/mol. The third-order valence-corrected chi connectivity index (χ3v) is 2.82. The molecule has 2 nitrogen and oxygen atoms in total. The van der Waals surface area contributed by atoms with Gasteiger partial charge in [-0.1, -0.05) is 42.5 Å². The molecule has 0 saturated carbocycles. The monoisotopic (exact) mass is 240 g/mol. The molecule has 2 rings (SSSR count). The molecule has 0 aliphatic heterocycles. The van der Waals surface area contributed by atoms with Crippen LogP contribution < -0.4 is 5.32 Å². The third-order valence-electron chi connectivity index (χ3n) is 2.82. The van der Waals surface area contributed by atoms with E-state index < -0.39 is 0 Å². The summed E-state index contributed by atoms with van der Waals surface area (Å²) in [5.41, 5.74) is 3.70. The lowest BCUT2D eigenvalue weighted by Crippen LogP contribution is -2.15. The lowest BCUT2D eigenvalue weighted by atomic mass is 10.0. The number of hydrogen-bond donors (Lipinski definition) is 2. The van der Waals surface area contributed by atoms with E-state index in [0.29, 0.717) is 0 Å². The molecule has 2 N–H and O–H groups in total. The van der Waals surface area contributed by atoms with Crippen molar-refractivity contribution in [2.75, 3.05) is 13.2 Å². The largest absolute Gasteiger partial charge is 0.396 e. The van der Waals surface area contributed by atoms with Crippen molar-refractivity contribution in [1.29, 1.82) is 0 Å². The summed E-state index contributed by atoms with van der Waals surface area (Å²) >= 11 is 0. The van der Waals surface area contributed by atoms with Crippen LogP contribution in [-0.2, 0) is 6.54 Å². The summed E-state index contributed by atoms with van der Waals surface area (Å²) < 4.78 is 0. The lowest BCUT2D eigenvalue weighted by Gasteiger charge is -2.07. The normalized spacial score (nSPS) is 10.5. The number of hydrogen-bond acceptors (Lipinski definition) is 2. The van der Waals surface area contributed by atoms with Gasteiger partial charge in [-0.15, -0.1) is 0 Å².